The molecule has 0 bridgehead atoms. The van der Waals surface area contributed by atoms with Crippen molar-refractivity contribution < 1.29 is 9.21 Å². The van der Waals surface area contributed by atoms with Gasteiger partial charge in [0.05, 0.1) is 13.1 Å². The van der Waals surface area contributed by atoms with Crippen molar-refractivity contribution in [3.8, 4) is 0 Å². The van der Waals surface area contributed by atoms with E-state index in [1.54, 1.807) is 25.2 Å². The van der Waals surface area contributed by atoms with Crippen LogP contribution in [0.1, 0.15) is 17.0 Å². The molecule has 2 N–H and O–H groups in total. The zero-order valence-corrected chi connectivity index (χ0v) is 19.8. The molecule has 3 rings (SSSR count). The first kappa shape index (κ1) is 23.7. The Bertz CT molecular complexity index is 988. The van der Waals surface area contributed by atoms with Gasteiger partial charge in [-0.05, 0) is 25.1 Å². The molecule has 0 unspecified atom stereocenters. The van der Waals surface area contributed by atoms with Gasteiger partial charge in [-0.15, -0.1) is 24.0 Å². The van der Waals surface area contributed by atoms with Crippen LogP contribution in [0, 0.1) is 6.92 Å². The molecular weight excluding hydrogens is 493 g/mol. The fraction of sp³-hybridized carbons (Fsp3) is 0.318. The van der Waals surface area contributed by atoms with E-state index in [4.69, 9.17) is 4.42 Å². The van der Waals surface area contributed by atoms with Gasteiger partial charge < -0.3 is 20.0 Å². The molecule has 0 atom stereocenters. The van der Waals surface area contributed by atoms with Crippen LogP contribution in [-0.2, 0) is 17.8 Å². The van der Waals surface area contributed by atoms with Crippen molar-refractivity contribution in [1.29, 1.82) is 0 Å². The number of aromatic nitrogens is 1. The molecule has 0 fully saturated rings. The average molecular weight is 521 g/mol. The van der Waals surface area contributed by atoms with Crippen LogP contribution in [0.15, 0.2) is 58.1 Å². The number of benzene rings is 1. The van der Waals surface area contributed by atoms with Gasteiger partial charge in [0.2, 0.25) is 5.91 Å². The lowest BCUT2D eigenvalue weighted by atomic mass is 10.1. The summed E-state index contributed by atoms with van der Waals surface area (Å²) in [5.41, 5.74) is 2.95. The van der Waals surface area contributed by atoms with Crippen LogP contribution in [-0.4, -0.2) is 48.9 Å². The van der Waals surface area contributed by atoms with Crippen molar-refractivity contribution in [1.82, 2.24) is 20.5 Å². The predicted octanol–water partition coefficient (Wildman–Crippen LogP) is 3.12. The number of nitrogens with zero attached hydrogens (tertiary/aromatic N) is 3. The molecule has 2 heterocycles. The number of rotatable bonds is 7. The third-order valence-electron chi connectivity index (χ3n) is 4.84. The second kappa shape index (κ2) is 11.5. The molecule has 0 aliphatic carbocycles. The van der Waals surface area contributed by atoms with Crippen molar-refractivity contribution >= 4 is 46.8 Å². The van der Waals surface area contributed by atoms with Gasteiger partial charge in [-0.25, -0.2) is 0 Å². The van der Waals surface area contributed by atoms with Crippen LogP contribution < -0.4 is 10.6 Å². The van der Waals surface area contributed by atoms with Crippen LogP contribution in [0.2, 0.25) is 0 Å². The predicted molar refractivity (Wildman–Crippen MR) is 130 cm³/mol. The minimum Gasteiger partial charge on any atom is -0.459 e. The summed E-state index contributed by atoms with van der Waals surface area (Å²) in [4.78, 5) is 22.5. The Kier molecular flexibility index (Phi) is 9.10. The number of aliphatic imine (C=N–C) groups is 1. The minimum absolute atomic E-state index is 0. The Labute approximate surface area is 194 Å². The lowest BCUT2D eigenvalue weighted by Crippen LogP contribution is -2.43. The molecule has 1 amide bonds. The number of carbonyl (C=O) groups excluding carboxylic acids is 1. The molecule has 2 aromatic heterocycles. The molecule has 0 radical (unpaired) electrons. The van der Waals surface area contributed by atoms with Crippen molar-refractivity contribution in [3.63, 3.8) is 0 Å². The van der Waals surface area contributed by atoms with Crippen LogP contribution in [0.4, 0.5) is 0 Å². The summed E-state index contributed by atoms with van der Waals surface area (Å²) in [6.07, 6.45) is 2.49. The maximum absolute atomic E-state index is 12.4. The first-order chi connectivity index (χ1) is 14.1. The van der Waals surface area contributed by atoms with Gasteiger partial charge in [-0.2, -0.15) is 0 Å². The number of pyridine rings is 1. The molecule has 8 heteroatoms. The first-order valence-corrected chi connectivity index (χ1v) is 9.64. The number of fused-ring (bicyclic) bond motifs is 1. The maximum atomic E-state index is 12.4. The standard InChI is InChI=1S/C22H27N5O2.HI/c1-16-18-9-4-5-10-19(18)29-20(16)14-25-22(23-2)26-15-21(28)27(3)13-11-17-8-6-7-12-24-17;/h4-10,12H,11,13-15H2,1-3H3,(H2,23,25,26);1H. The number of halogens is 1. The summed E-state index contributed by atoms with van der Waals surface area (Å²) in [5, 5.41) is 7.37. The van der Waals surface area contributed by atoms with Gasteiger partial charge in [0.15, 0.2) is 5.96 Å². The number of furan rings is 1. The van der Waals surface area contributed by atoms with Gasteiger partial charge in [-0.3, -0.25) is 14.8 Å². The second-order valence-electron chi connectivity index (χ2n) is 6.81. The Balaban J connectivity index is 0.00000320. The van der Waals surface area contributed by atoms with Gasteiger partial charge >= 0.3 is 0 Å². The molecule has 160 valence electrons. The molecular formula is C22H28IN5O2. The Hall–Kier alpha value is -2.62. The highest BCUT2D eigenvalue weighted by atomic mass is 127. The lowest BCUT2D eigenvalue weighted by Gasteiger charge is -2.18. The Morgan fingerprint density at radius 1 is 1.17 bits per heavy atom. The number of guanidine groups is 1. The highest BCUT2D eigenvalue weighted by molar-refractivity contribution is 14.0. The molecule has 0 aliphatic rings. The highest BCUT2D eigenvalue weighted by Gasteiger charge is 2.12. The van der Waals surface area contributed by atoms with E-state index in [-0.39, 0.29) is 36.4 Å². The SMILES string of the molecule is CN=C(NCC(=O)N(C)CCc1ccccn1)NCc1oc2ccccc2c1C.I. The summed E-state index contributed by atoms with van der Waals surface area (Å²) in [6, 6.07) is 13.8. The van der Waals surface area contributed by atoms with Crippen molar-refractivity contribution in [2.75, 3.05) is 27.2 Å². The van der Waals surface area contributed by atoms with Crippen LogP contribution >= 0.6 is 24.0 Å². The molecule has 7 nitrogen and oxygen atoms in total. The number of para-hydroxylation sites is 1. The van der Waals surface area contributed by atoms with Crippen molar-refractivity contribution in [3.05, 3.63) is 65.7 Å². The third kappa shape index (κ3) is 6.19. The molecule has 3 aromatic rings. The number of amides is 1. The summed E-state index contributed by atoms with van der Waals surface area (Å²) < 4.78 is 5.91. The van der Waals surface area contributed by atoms with Gasteiger partial charge in [0, 0.05) is 49.9 Å². The molecule has 30 heavy (non-hydrogen) atoms. The van der Waals surface area contributed by atoms with Crippen LogP contribution in [0.25, 0.3) is 11.0 Å². The van der Waals surface area contributed by atoms with E-state index in [2.05, 4.69) is 20.6 Å². The molecule has 0 spiro atoms. The quantitative estimate of drug-likeness (QED) is 0.284. The number of carbonyl (C=O) groups is 1. The molecule has 0 saturated heterocycles. The Morgan fingerprint density at radius 2 is 1.93 bits per heavy atom. The minimum atomic E-state index is -0.0104. The maximum Gasteiger partial charge on any atom is 0.241 e. The highest BCUT2D eigenvalue weighted by Crippen LogP contribution is 2.24. The average Bonchev–Trinajstić information content (AvgIpc) is 3.08. The molecule has 1 aromatic carbocycles. The number of hydrogen-bond acceptors (Lipinski definition) is 4. The van der Waals surface area contributed by atoms with Gasteiger partial charge in [-0.1, -0.05) is 24.3 Å². The van der Waals surface area contributed by atoms with Crippen molar-refractivity contribution in [2.45, 2.75) is 19.9 Å². The fourth-order valence-corrected chi connectivity index (χ4v) is 3.03. The van der Waals surface area contributed by atoms with E-state index in [0.717, 1.165) is 34.4 Å². The largest absolute Gasteiger partial charge is 0.459 e. The summed E-state index contributed by atoms with van der Waals surface area (Å²) in [7, 11) is 3.47. The number of hydrogen-bond donors (Lipinski definition) is 2. The summed E-state index contributed by atoms with van der Waals surface area (Å²) >= 11 is 0. The number of likely N-dealkylation sites (N-methyl/N-ethyl adjacent to an activating group) is 1. The van der Waals surface area contributed by atoms with E-state index >= 15 is 0 Å². The fourth-order valence-electron chi connectivity index (χ4n) is 3.03. The van der Waals surface area contributed by atoms with E-state index in [1.807, 2.05) is 49.4 Å². The van der Waals surface area contributed by atoms with Crippen molar-refractivity contribution in [2.24, 2.45) is 4.99 Å². The number of nitrogens with one attached hydrogen (secondary N) is 2. The van der Waals surface area contributed by atoms with Crippen LogP contribution in [0.3, 0.4) is 0 Å². The van der Waals surface area contributed by atoms with E-state index in [1.165, 1.54) is 0 Å². The van der Waals surface area contributed by atoms with Gasteiger partial charge in [0.25, 0.3) is 0 Å². The topological polar surface area (TPSA) is 82.8 Å². The summed E-state index contributed by atoms with van der Waals surface area (Å²) in [6.45, 7) is 3.31. The van der Waals surface area contributed by atoms with E-state index in [0.29, 0.717) is 19.0 Å². The Morgan fingerprint density at radius 3 is 2.63 bits per heavy atom. The monoisotopic (exact) mass is 521 g/mol. The van der Waals surface area contributed by atoms with Gasteiger partial charge in [0.1, 0.15) is 11.3 Å². The zero-order valence-electron chi connectivity index (χ0n) is 17.5. The zero-order chi connectivity index (χ0) is 20.6. The molecule has 0 saturated carbocycles. The third-order valence-corrected chi connectivity index (χ3v) is 4.84. The van der Waals surface area contributed by atoms with E-state index < -0.39 is 0 Å². The van der Waals surface area contributed by atoms with E-state index in [9.17, 15) is 4.79 Å². The molecule has 0 aliphatic heterocycles. The summed E-state index contributed by atoms with van der Waals surface area (Å²) in [5.74, 6) is 1.40. The number of aryl methyl sites for hydroxylation is 1. The normalized spacial score (nSPS) is 11.1. The second-order valence-corrected chi connectivity index (χ2v) is 6.81. The van der Waals surface area contributed by atoms with Crippen LogP contribution in [0.5, 0.6) is 0 Å². The smallest absolute Gasteiger partial charge is 0.241 e. The lowest BCUT2D eigenvalue weighted by molar-refractivity contribution is -0.128. The first-order valence-electron chi connectivity index (χ1n) is 9.64.